The minimum Gasteiger partial charge on any atom is -0.480 e. The van der Waals surface area contributed by atoms with E-state index in [0.29, 0.717) is 12.8 Å². The molecule has 1 aliphatic rings. The molecule has 0 bridgehead atoms. The molecule has 0 spiro atoms. The Hall–Kier alpha value is -1.89. The molecule has 0 heterocycles. The summed E-state index contributed by atoms with van der Waals surface area (Å²) in [5, 5.41) is 11.7. The standard InChI is InChI=1S/C14H17NO5S/c1-2-21(19,20)11-6-4-10(5-7-11)12(16)15-14(13(17)18)8-3-9-14/h4-7H,2-3,8-9H2,1H3,(H,15,16)(H,17,18). The van der Waals surface area contributed by atoms with Crippen molar-refractivity contribution in [1.29, 1.82) is 0 Å². The third-order valence-corrected chi connectivity index (χ3v) is 5.58. The first kappa shape index (κ1) is 15.5. The average Bonchev–Trinajstić information content (AvgIpc) is 2.42. The van der Waals surface area contributed by atoms with E-state index >= 15 is 0 Å². The molecular weight excluding hydrogens is 294 g/mol. The fourth-order valence-corrected chi connectivity index (χ4v) is 3.08. The zero-order valence-corrected chi connectivity index (χ0v) is 12.4. The first-order valence-electron chi connectivity index (χ1n) is 6.69. The van der Waals surface area contributed by atoms with Crippen LogP contribution in [0.15, 0.2) is 29.2 Å². The van der Waals surface area contributed by atoms with Gasteiger partial charge in [-0.15, -0.1) is 0 Å². The number of sulfone groups is 1. The van der Waals surface area contributed by atoms with Crippen LogP contribution in [0.2, 0.25) is 0 Å². The molecule has 1 aromatic carbocycles. The molecule has 0 aliphatic heterocycles. The van der Waals surface area contributed by atoms with E-state index in [1.54, 1.807) is 6.92 Å². The number of rotatable bonds is 5. The first-order chi connectivity index (χ1) is 9.81. The molecule has 0 saturated heterocycles. The number of hydrogen-bond acceptors (Lipinski definition) is 4. The van der Waals surface area contributed by atoms with E-state index in [2.05, 4.69) is 5.32 Å². The maximum absolute atomic E-state index is 12.1. The first-order valence-corrected chi connectivity index (χ1v) is 8.35. The van der Waals surface area contributed by atoms with Crippen molar-refractivity contribution in [3.05, 3.63) is 29.8 Å². The minimum atomic E-state index is -3.31. The Morgan fingerprint density at radius 3 is 2.19 bits per heavy atom. The van der Waals surface area contributed by atoms with Gasteiger partial charge in [0.15, 0.2) is 9.84 Å². The van der Waals surface area contributed by atoms with Crippen molar-refractivity contribution < 1.29 is 23.1 Å². The Morgan fingerprint density at radius 2 is 1.81 bits per heavy atom. The van der Waals surface area contributed by atoms with Crippen LogP contribution in [0, 0.1) is 0 Å². The van der Waals surface area contributed by atoms with Gasteiger partial charge in [0.2, 0.25) is 0 Å². The predicted octanol–water partition coefficient (Wildman–Crippen LogP) is 1.22. The van der Waals surface area contributed by atoms with E-state index in [9.17, 15) is 18.0 Å². The van der Waals surface area contributed by atoms with E-state index in [4.69, 9.17) is 5.11 Å². The molecule has 0 radical (unpaired) electrons. The number of carbonyl (C=O) groups excluding carboxylic acids is 1. The van der Waals surface area contributed by atoms with Gasteiger partial charge in [0.25, 0.3) is 5.91 Å². The Morgan fingerprint density at radius 1 is 1.24 bits per heavy atom. The summed E-state index contributed by atoms with van der Waals surface area (Å²) in [6, 6.07) is 5.52. The smallest absolute Gasteiger partial charge is 0.329 e. The van der Waals surface area contributed by atoms with E-state index in [1.807, 2.05) is 0 Å². The Labute approximate surface area is 123 Å². The van der Waals surface area contributed by atoms with Crippen LogP contribution in [0.3, 0.4) is 0 Å². The quantitative estimate of drug-likeness (QED) is 0.851. The van der Waals surface area contributed by atoms with Gasteiger partial charge in [0.05, 0.1) is 10.6 Å². The lowest BCUT2D eigenvalue weighted by atomic mass is 9.76. The fourth-order valence-electron chi connectivity index (χ4n) is 2.19. The van der Waals surface area contributed by atoms with Gasteiger partial charge in [-0.2, -0.15) is 0 Å². The van der Waals surface area contributed by atoms with Crippen LogP contribution in [0.4, 0.5) is 0 Å². The molecule has 1 saturated carbocycles. The Bertz CT molecular complexity index is 659. The van der Waals surface area contributed by atoms with Crippen molar-refractivity contribution in [3.63, 3.8) is 0 Å². The SMILES string of the molecule is CCS(=O)(=O)c1ccc(C(=O)NC2(C(=O)O)CCC2)cc1. The van der Waals surface area contributed by atoms with Crippen LogP contribution < -0.4 is 5.32 Å². The maximum Gasteiger partial charge on any atom is 0.329 e. The van der Waals surface area contributed by atoms with Gasteiger partial charge in [-0.1, -0.05) is 6.92 Å². The second-order valence-corrected chi connectivity index (χ2v) is 7.40. The van der Waals surface area contributed by atoms with Crippen molar-refractivity contribution >= 4 is 21.7 Å². The van der Waals surface area contributed by atoms with E-state index in [1.165, 1.54) is 24.3 Å². The van der Waals surface area contributed by atoms with Crippen molar-refractivity contribution in [2.45, 2.75) is 36.6 Å². The highest BCUT2D eigenvalue weighted by atomic mass is 32.2. The van der Waals surface area contributed by atoms with Crippen LogP contribution in [-0.4, -0.2) is 36.7 Å². The molecule has 0 unspecified atom stereocenters. The zero-order valence-electron chi connectivity index (χ0n) is 11.6. The van der Waals surface area contributed by atoms with Crippen molar-refractivity contribution in [2.24, 2.45) is 0 Å². The maximum atomic E-state index is 12.1. The number of aliphatic carboxylic acids is 1. The van der Waals surface area contributed by atoms with Gasteiger partial charge in [0, 0.05) is 5.56 Å². The van der Waals surface area contributed by atoms with Crippen LogP contribution in [0.1, 0.15) is 36.5 Å². The Kier molecular flexibility index (Phi) is 4.04. The minimum absolute atomic E-state index is 0.0132. The molecule has 2 rings (SSSR count). The summed E-state index contributed by atoms with van der Waals surface area (Å²) in [6.45, 7) is 1.54. The lowest BCUT2D eigenvalue weighted by Gasteiger charge is -2.38. The molecule has 1 fully saturated rings. The van der Waals surface area contributed by atoms with Gasteiger partial charge >= 0.3 is 5.97 Å². The van der Waals surface area contributed by atoms with Gasteiger partial charge < -0.3 is 10.4 Å². The van der Waals surface area contributed by atoms with Gasteiger partial charge in [-0.25, -0.2) is 13.2 Å². The number of amides is 1. The molecule has 6 nitrogen and oxygen atoms in total. The van der Waals surface area contributed by atoms with Crippen molar-refractivity contribution in [3.8, 4) is 0 Å². The molecule has 0 aromatic heterocycles. The fraction of sp³-hybridized carbons (Fsp3) is 0.429. The Balaban J connectivity index is 2.16. The zero-order chi connectivity index (χ0) is 15.7. The molecule has 1 aromatic rings. The number of carbonyl (C=O) groups is 2. The summed E-state index contributed by atoms with van der Waals surface area (Å²) in [5.74, 6) is -1.55. The second-order valence-electron chi connectivity index (χ2n) is 5.12. The molecule has 114 valence electrons. The van der Waals surface area contributed by atoms with Crippen molar-refractivity contribution in [2.75, 3.05) is 5.75 Å². The van der Waals surface area contributed by atoms with Gasteiger partial charge in [-0.3, -0.25) is 4.79 Å². The largest absolute Gasteiger partial charge is 0.480 e. The van der Waals surface area contributed by atoms with Crippen LogP contribution in [0.25, 0.3) is 0 Å². The summed E-state index contributed by atoms with van der Waals surface area (Å²) in [4.78, 5) is 23.4. The highest BCUT2D eigenvalue weighted by molar-refractivity contribution is 7.91. The lowest BCUT2D eigenvalue weighted by molar-refractivity contribution is -0.148. The highest BCUT2D eigenvalue weighted by Crippen LogP contribution is 2.32. The number of carboxylic acids is 1. The van der Waals surface area contributed by atoms with Crippen molar-refractivity contribution in [1.82, 2.24) is 5.32 Å². The predicted molar refractivity (Wildman–Crippen MR) is 75.9 cm³/mol. The molecule has 7 heteroatoms. The third-order valence-electron chi connectivity index (χ3n) is 3.82. The van der Waals surface area contributed by atoms with Crippen LogP contribution in [-0.2, 0) is 14.6 Å². The molecular formula is C14H17NO5S. The molecule has 1 aliphatic carbocycles. The van der Waals surface area contributed by atoms with Gasteiger partial charge in [0.1, 0.15) is 5.54 Å². The van der Waals surface area contributed by atoms with E-state index in [-0.39, 0.29) is 16.2 Å². The van der Waals surface area contributed by atoms with Gasteiger partial charge in [-0.05, 0) is 43.5 Å². The molecule has 0 atom stereocenters. The third kappa shape index (κ3) is 2.92. The van der Waals surface area contributed by atoms with E-state index < -0.39 is 27.3 Å². The lowest BCUT2D eigenvalue weighted by Crippen LogP contribution is -2.59. The average molecular weight is 311 g/mol. The number of nitrogens with one attached hydrogen (secondary N) is 1. The molecule has 21 heavy (non-hydrogen) atoms. The number of benzene rings is 1. The molecule has 2 N–H and O–H groups in total. The second kappa shape index (κ2) is 5.48. The van der Waals surface area contributed by atoms with E-state index in [0.717, 1.165) is 6.42 Å². The monoisotopic (exact) mass is 311 g/mol. The normalized spacial score (nSPS) is 16.8. The summed E-state index contributed by atoms with van der Waals surface area (Å²) in [7, 11) is -3.31. The number of carboxylic acid groups (broad SMARTS) is 1. The number of hydrogen-bond donors (Lipinski definition) is 2. The van der Waals surface area contributed by atoms with Crippen LogP contribution in [0.5, 0.6) is 0 Å². The van der Waals surface area contributed by atoms with Crippen LogP contribution >= 0.6 is 0 Å². The summed E-state index contributed by atoms with van der Waals surface area (Å²) in [5.41, 5.74) is -0.928. The summed E-state index contributed by atoms with van der Waals surface area (Å²) >= 11 is 0. The molecule has 1 amide bonds. The topological polar surface area (TPSA) is 101 Å². The summed E-state index contributed by atoms with van der Waals surface area (Å²) in [6.07, 6.45) is 1.59. The highest BCUT2D eigenvalue weighted by Gasteiger charge is 2.45. The summed E-state index contributed by atoms with van der Waals surface area (Å²) < 4.78 is 23.4.